The second-order valence-corrected chi connectivity index (χ2v) is 5.19. The highest BCUT2D eigenvalue weighted by molar-refractivity contribution is 5.75. The Morgan fingerprint density at radius 1 is 1.20 bits per heavy atom. The van der Waals surface area contributed by atoms with Gasteiger partial charge in [0.2, 0.25) is 0 Å². The van der Waals surface area contributed by atoms with Crippen molar-refractivity contribution in [1.29, 1.82) is 0 Å². The summed E-state index contributed by atoms with van der Waals surface area (Å²) in [5.74, 6) is 0.729. The molecule has 0 bridgehead atoms. The van der Waals surface area contributed by atoms with Crippen LogP contribution in [0, 0.1) is 20.8 Å². The van der Waals surface area contributed by atoms with Gasteiger partial charge < -0.3 is 4.98 Å². The first kappa shape index (κ1) is 12.7. The van der Waals surface area contributed by atoms with E-state index in [1.807, 2.05) is 38.1 Å². The number of aromatic amines is 1. The molecular formula is C16H17N3O. The van der Waals surface area contributed by atoms with Crippen LogP contribution in [0.4, 0.5) is 0 Å². The molecule has 2 aromatic heterocycles. The molecule has 0 radical (unpaired) electrons. The topological polar surface area (TPSA) is 50.7 Å². The molecule has 0 amide bonds. The van der Waals surface area contributed by atoms with Crippen molar-refractivity contribution in [2.45, 2.75) is 27.3 Å². The summed E-state index contributed by atoms with van der Waals surface area (Å²) >= 11 is 0. The van der Waals surface area contributed by atoms with E-state index in [0.29, 0.717) is 17.6 Å². The zero-order chi connectivity index (χ0) is 14.3. The third-order valence-electron chi connectivity index (χ3n) is 3.66. The third kappa shape index (κ3) is 2.03. The highest BCUT2D eigenvalue weighted by Crippen LogP contribution is 2.12. The number of fused-ring (bicyclic) bond motifs is 1. The minimum Gasteiger partial charge on any atom is -0.343 e. The Kier molecular flexibility index (Phi) is 2.93. The molecule has 0 aliphatic carbocycles. The van der Waals surface area contributed by atoms with Gasteiger partial charge in [-0.3, -0.25) is 9.36 Å². The average molecular weight is 267 g/mol. The summed E-state index contributed by atoms with van der Waals surface area (Å²) in [6, 6.07) is 9.97. The van der Waals surface area contributed by atoms with Crippen LogP contribution in [0.3, 0.4) is 0 Å². The number of H-pyrrole nitrogens is 1. The van der Waals surface area contributed by atoms with Crippen molar-refractivity contribution in [1.82, 2.24) is 14.5 Å². The fourth-order valence-electron chi connectivity index (χ4n) is 2.48. The molecule has 0 aliphatic heterocycles. The first-order chi connectivity index (χ1) is 9.56. The van der Waals surface area contributed by atoms with Crippen molar-refractivity contribution in [3.05, 3.63) is 63.3 Å². The second-order valence-electron chi connectivity index (χ2n) is 5.19. The van der Waals surface area contributed by atoms with E-state index < -0.39 is 0 Å². The number of benzene rings is 1. The molecule has 0 unspecified atom stereocenters. The molecule has 3 aromatic rings. The number of hydrogen-bond acceptors (Lipinski definition) is 2. The van der Waals surface area contributed by atoms with Gasteiger partial charge in [-0.15, -0.1) is 0 Å². The van der Waals surface area contributed by atoms with E-state index in [1.54, 1.807) is 4.57 Å². The van der Waals surface area contributed by atoms with Gasteiger partial charge in [-0.2, -0.15) is 0 Å². The molecule has 3 rings (SSSR count). The number of nitrogens with one attached hydrogen (secondary N) is 1. The van der Waals surface area contributed by atoms with Crippen LogP contribution in [0.2, 0.25) is 0 Å². The molecule has 0 aliphatic rings. The molecular weight excluding hydrogens is 250 g/mol. The predicted molar refractivity (Wildman–Crippen MR) is 80.1 cm³/mol. The fourth-order valence-corrected chi connectivity index (χ4v) is 2.48. The monoisotopic (exact) mass is 267 g/mol. The van der Waals surface area contributed by atoms with Crippen molar-refractivity contribution >= 4 is 11.0 Å². The summed E-state index contributed by atoms with van der Waals surface area (Å²) in [6.45, 7) is 6.42. The molecule has 4 heteroatoms. The van der Waals surface area contributed by atoms with Gasteiger partial charge in [-0.1, -0.05) is 24.3 Å². The smallest absolute Gasteiger partial charge is 0.263 e. The van der Waals surface area contributed by atoms with Crippen LogP contribution >= 0.6 is 0 Å². The SMILES string of the molecule is Cc1cc2c(=O)n(Cc3ccccc3C)c(C)nc2[nH]1. The largest absolute Gasteiger partial charge is 0.343 e. The van der Waals surface area contributed by atoms with Gasteiger partial charge in [-0.25, -0.2) is 4.98 Å². The lowest BCUT2D eigenvalue weighted by molar-refractivity contribution is 0.709. The third-order valence-corrected chi connectivity index (χ3v) is 3.66. The maximum atomic E-state index is 12.6. The van der Waals surface area contributed by atoms with Crippen molar-refractivity contribution in [3.63, 3.8) is 0 Å². The minimum absolute atomic E-state index is 0.0140. The molecule has 2 heterocycles. The molecule has 1 N–H and O–H groups in total. The summed E-state index contributed by atoms with van der Waals surface area (Å²) in [6.07, 6.45) is 0. The van der Waals surface area contributed by atoms with Crippen LogP contribution in [0.5, 0.6) is 0 Å². The normalized spacial score (nSPS) is 11.2. The van der Waals surface area contributed by atoms with E-state index >= 15 is 0 Å². The Bertz CT molecular complexity index is 843. The molecule has 0 atom stereocenters. The molecule has 0 saturated heterocycles. The van der Waals surface area contributed by atoms with Gasteiger partial charge >= 0.3 is 0 Å². The standard InChI is InChI=1S/C16H17N3O/c1-10-6-4-5-7-13(10)9-19-12(3)18-15-14(16(19)20)8-11(2)17-15/h4-8,17H,9H2,1-3H3. The number of hydrogen-bond donors (Lipinski definition) is 1. The van der Waals surface area contributed by atoms with Crippen LogP contribution in [0.15, 0.2) is 35.1 Å². The lowest BCUT2D eigenvalue weighted by atomic mass is 10.1. The molecule has 1 aromatic carbocycles. The maximum absolute atomic E-state index is 12.6. The van der Waals surface area contributed by atoms with Crippen LogP contribution in [0.25, 0.3) is 11.0 Å². The van der Waals surface area contributed by atoms with Gasteiger partial charge in [0.25, 0.3) is 5.56 Å². The molecule has 20 heavy (non-hydrogen) atoms. The average Bonchev–Trinajstić information content (AvgIpc) is 2.77. The zero-order valence-electron chi connectivity index (χ0n) is 11.9. The minimum atomic E-state index is 0.0140. The van der Waals surface area contributed by atoms with E-state index in [0.717, 1.165) is 17.1 Å². The number of nitrogens with zero attached hydrogens (tertiary/aromatic N) is 2. The van der Waals surface area contributed by atoms with Gasteiger partial charge in [0, 0.05) is 5.69 Å². The molecule has 102 valence electrons. The number of aromatic nitrogens is 3. The summed E-state index contributed by atoms with van der Waals surface area (Å²) in [5.41, 5.74) is 3.97. The van der Waals surface area contributed by atoms with Gasteiger partial charge in [0.05, 0.1) is 11.9 Å². The Hall–Kier alpha value is -2.36. The van der Waals surface area contributed by atoms with Gasteiger partial charge in [0.15, 0.2) is 0 Å². The Morgan fingerprint density at radius 3 is 2.70 bits per heavy atom. The summed E-state index contributed by atoms with van der Waals surface area (Å²) in [7, 11) is 0. The van der Waals surface area contributed by atoms with Gasteiger partial charge in [-0.05, 0) is 38.0 Å². The molecule has 0 fully saturated rings. The van der Waals surface area contributed by atoms with Crippen molar-refractivity contribution < 1.29 is 0 Å². The molecule has 0 spiro atoms. The van der Waals surface area contributed by atoms with Crippen LogP contribution in [-0.4, -0.2) is 14.5 Å². The predicted octanol–water partition coefficient (Wildman–Crippen LogP) is 2.70. The highest BCUT2D eigenvalue weighted by atomic mass is 16.1. The van der Waals surface area contributed by atoms with E-state index in [2.05, 4.69) is 23.0 Å². The van der Waals surface area contributed by atoms with Crippen molar-refractivity contribution in [2.24, 2.45) is 0 Å². The highest BCUT2D eigenvalue weighted by Gasteiger charge is 2.11. The lowest BCUT2D eigenvalue weighted by Gasteiger charge is -2.11. The summed E-state index contributed by atoms with van der Waals surface area (Å²) in [4.78, 5) is 20.2. The Morgan fingerprint density at radius 2 is 1.95 bits per heavy atom. The summed E-state index contributed by atoms with van der Waals surface area (Å²) < 4.78 is 1.73. The molecule has 0 saturated carbocycles. The Labute approximate surface area is 117 Å². The molecule has 4 nitrogen and oxygen atoms in total. The fraction of sp³-hybridized carbons (Fsp3) is 0.250. The van der Waals surface area contributed by atoms with E-state index in [9.17, 15) is 4.79 Å². The van der Waals surface area contributed by atoms with E-state index in [4.69, 9.17) is 0 Å². The van der Waals surface area contributed by atoms with Crippen molar-refractivity contribution in [3.8, 4) is 0 Å². The van der Waals surface area contributed by atoms with Crippen LogP contribution in [-0.2, 0) is 6.54 Å². The quantitative estimate of drug-likeness (QED) is 0.776. The number of aryl methyl sites for hydroxylation is 3. The lowest BCUT2D eigenvalue weighted by Crippen LogP contribution is -2.24. The van der Waals surface area contributed by atoms with Crippen LogP contribution in [0.1, 0.15) is 22.6 Å². The number of rotatable bonds is 2. The van der Waals surface area contributed by atoms with Crippen LogP contribution < -0.4 is 5.56 Å². The van der Waals surface area contributed by atoms with E-state index in [1.165, 1.54) is 5.56 Å². The zero-order valence-corrected chi connectivity index (χ0v) is 11.9. The summed E-state index contributed by atoms with van der Waals surface area (Å²) in [5, 5.41) is 0.654. The first-order valence-electron chi connectivity index (χ1n) is 6.67. The Balaban J connectivity index is 2.17. The first-order valence-corrected chi connectivity index (χ1v) is 6.67. The van der Waals surface area contributed by atoms with E-state index in [-0.39, 0.29) is 5.56 Å². The van der Waals surface area contributed by atoms with Gasteiger partial charge in [0.1, 0.15) is 11.5 Å². The maximum Gasteiger partial charge on any atom is 0.263 e. The second kappa shape index (κ2) is 4.63. The van der Waals surface area contributed by atoms with Crippen molar-refractivity contribution in [2.75, 3.05) is 0 Å².